The summed E-state index contributed by atoms with van der Waals surface area (Å²) in [6, 6.07) is 12.4. The summed E-state index contributed by atoms with van der Waals surface area (Å²) >= 11 is 0. The molecule has 3 nitrogen and oxygen atoms in total. The predicted octanol–water partition coefficient (Wildman–Crippen LogP) is 3.96. The van der Waals surface area contributed by atoms with Crippen LogP contribution in [0, 0.1) is 18.7 Å². The third kappa shape index (κ3) is 4.01. The molecule has 0 saturated carbocycles. The Morgan fingerprint density at radius 3 is 2.83 bits per heavy atom. The number of carbonyl (C=O) groups excluding carboxylic acids is 1. The summed E-state index contributed by atoms with van der Waals surface area (Å²) in [4.78, 5) is 12.4. The number of carbonyl (C=O) groups is 1. The van der Waals surface area contributed by atoms with Gasteiger partial charge >= 0.3 is 0 Å². The van der Waals surface area contributed by atoms with Crippen LogP contribution in [0.4, 0.5) is 4.39 Å². The predicted molar refractivity (Wildman–Crippen MR) is 92.4 cm³/mol. The molecule has 1 heterocycles. The molecule has 1 fully saturated rings. The van der Waals surface area contributed by atoms with Gasteiger partial charge in [0.15, 0.2) is 0 Å². The van der Waals surface area contributed by atoms with Gasteiger partial charge in [0.25, 0.3) is 5.91 Å². The molecule has 0 aliphatic carbocycles. The monoisotopic (exact) mass is 327 g/mol. The quantitative estimate of drug-likeness (QED) is 0.923. The van der Waals surface area contributed by atoms with E-state index in [0.717, 1.165) is 37.2 Å². The summed E-state index contributed by atoms with van der Waals surface area (Å²) in [5.41, 5.74) is 3.03. The van der Waals surface area contributed by atoms with Crippen LogP contribution in [0.3, 0.4) is 0 Å². The Bertz CT molecular complexity index is 723. The molecule has 2 aromatic rings. The topological polar surface area (TPSA) is 38.3 Å². The van der Waals surface area contributed by atoms with Gasteiger partial charge in [0.2, 0.25) is 0 Å². The first-order valence-electron chi connectivity index (χ1n) is 8.36. The summed E-state index contributed by atoms with van der Waals surface area (Å²) in [5, 5.41) is 2.99. The summed E-state index contributed by atoms with van der Waals surface area (Å²) in [6.07, 6.45) is 2.15. The highest BCUT2D eigenvalue weighted by atomic mass is 19.1. The highest BCUT2D eigenvalue weighted by Crippen LogP contribution is 2.23. The molecule has 1 amide bonds. The first-order chi connectivity index (χ1) is 11.6. The molecule has 0 aromatic heterocycles. The van der Waals surface area contributed by atoms with Crippen molar-refractivity contribution >= 4 is 5.91 Å². The zero-order valence-electron chi connectivity index (χ0n) is 13.8. The van der Waals surface area contributed by atoms with Gasteiger partial charge in [-0.15, -0.1) is 0 Å². The Hall–Kier alpha value is -2.20. The van der Waals surface area contributed by atoms with Crippen molar-refractivity contribution in [2.45, 2.75) is 19.8 Å². The Labute approximate surface area is 141 Å². The molecule has 3 rings (SSSR count). The largest absolute Gasteiger partial charge is 0.381 e. The van der Waals surface area contributed by atoms with Crippen LogP contribution in [0.15, 0.2) is 42.5 Å². The molecule has 1 aliphatic heterocycles. The maximum Gasteiger partial charge on any atom is 0.251 e. The van der Waals surface area contributed by atoms with Gasteiger partial charge in [0.1, 0.15) is 5.82 Å². The van der Waals surface area contributed by atoms with Gasteiger partial charge < -0.3 is 10.1 Å². The van der Waals surface area contributed by atoms with Crippen LogP contribution >= 0.6 is 0 Å². The van der Waals surface area contributed by atoms with E-state index in [4.69, 9.17) is 4.74 Å². The Balaban J connectivity index is 1.69. The van der Waals surface area contributed by atoms with E-state index in [1.165, 1.54) is 6.07 Å². The number of amides is 1. The standard InChI is InChI=1S/C20H22FNO2/c1-14-10-17(7-8-19(14)21)16-5-2-6-18(11-16)20(23)22-12-15-4-3-9-24-13-15/h2,5-8,10-11,15H,3-4,9,12-13H2,1H3,(H,22,23). The summed E-state index contributed by atoms with van der Waals surface area (Å²) in [6.45, 7) is 3.92. The lowest BCUT2D eigenvalue weighted by molar-refractivity contribution is 0.0536. The number of hydrogen-bond donors (Lipinski definition) is 1. The molecule has 1 aliphatic rings. The Morgan fingerprint density at radius 1 is 1.25 bits per heavy atom. The number of halogens is 1. The van der Waals surface area contributed by atoms with Crippen LogP contribution in [0.5, 0.6) is 0 Å². The summed E-state index contributed by atoms with van der Waals surface area (Å²) in [5.74, 6) is 0.0919. The molecule has 1 saturated heterocycles. The van der Waals surface area contributed by atoms with E-state index >= 15 is 0 Å². The van der Waals surface area contributed by atoms with Gasteiger partial charge in [-0.2, -0.15) is 0 Å². The van der Waals surface area contributed by atoms with E-state index in [0.29, 0.717) is 23.6 Å². The van der Waals surface area contributed by atoms with Gasteiger partial charge in [0.05, 0.1) is 6.61 Å². The fourth-order valence-electron chi connectivity index (χ4n) is 2.97. The van der Waals surface area contributed by atoms with Crippen molar-refractivity contribution in [2.75, 3.05) is 19.8 Å². The van der Waals surface area contributed by atoms with Crippen molar-refractivity contribution in [3.63, 3.8) is 0 Å². The zero-order chi connectivity index (χ0) is 16.9. The number of ether oxygens (including phenoxy) is 1. The third-order valence-electron chi connectivity index (χ3n) is 4.42. The molecule has 1 atom stereocenters. The Morgan fingerprint density at radius 2 is 2.08 bits per heavy atom. The van der Waals surface area contributed by atoms with E-state index in [-0.39, 0.29) is 11.7 Å². The van der Waals surface area contributed by atoms with Crippen molar-refractivity contribution in [2.24, 2.45) is 5.92 Å². The van der Waals surface area contributed by atoms with Gasteiger partial charge in [-0.1, -0.05) is 18.2 Å². The minimum Gasteiger partial charge on any atom is -0.381 e. The zero-order valence-corrected chi connectivity index (χ0v) is 13.8. The van der Waals surface area contributed by atoms with Crippen LogP contribution < -0.4 is 5.32 Å². The van der Waals surface area contributed by atoms with Crippen LogP contribution in [0.2, 0.25) is 0 Å². The van der Waals surface area contributed by atoms with Crippen molar-refractivity contribution < 1.29 is 13.9 Å². The maximum atomic E-state index is 13.4. The van der Waals surface area contributed by atoms with Crippen molar-refractivity contribution in [1.82, 2.24) is 5.32 Å². The third-order valence-corrected chi connectivity index (χ3v) is 4.42. The number of hydrogen-bond acceptors (Lipinski definition) is 2. The number of rotatable bonds is 4. The average molecular weight is 327 g/mol. The van der Waals surface area contributed by atoms with Crippen LogP contribution in [-0.4, -0.2) is 25.7 Å². The SMILES string of the molecule is Cc1cc(-c2cccc(C(=O)NCC3CCCOC3)c2)ccc1F. The molecule has 126 valence electrons. The lowest BCUT2D eigenvalue weighted by Crippen LogP contribution is -2.33. The second-order valence-electron chi connectivity index (χ2n) is 6.34. The molecular formula is C20H22FNO2. The molecule has 0 spiro atoms. The van der Waals surface area contributed by atoms with Crippen LogP contribution in [-0.2, 0) is 4.74 Å². The summed E-state index contributed by atoms with van der Waals surface area (Å²) in [7, 11) is 0. The number of nitrogens with one attached hydrogen (secondary N) is 1. The van der Waals surface area contributed by atoms with Crippen LogP contribution in [0.25, 0.3) is 11.1 Å². The second-order valence-corrected chi connectivity index (χ2v) is 6.34. The molecule has 2 aromatic carbocycles. The normalized spacial score (nSPS) is 17.5. The van der Waals surface area contributed by atoms with Gasteiger partial charge in [-0.3, -0.25) is 4.79 Å². The van der Waals surface area contributed by atoms with Gasteiger partial charge in [-0.05, 0) is 66.6 Å². The minimum absolute atomic E-state index is 0.0822. The van der Waals surface area contributed by atoms with Crippen molar-refractivity contribution in [3.8, 4) is 11.1 Å². The lowest BCUT2D eigenvalue weighted by atomic mass is 10.00. The fraction of sp³-hybridized carbons (Fsp3) is 0.350. The summed E-state index contributed by atoms with van der Waals surface area (Å²) < 4.78 is 18.9. The number of aryl methyl sites for hydroxylation is 1. The molecular weight excluding hydrogens is 305 g/mol. The fourth-order valence-corrected chi connectivity index (χ4v) is 2.97. The Kier molecular flexibility index (Phi) is 5.26. The molecule has 0 bridgehead atoms. The number of benzene rings is 2. The maximum absolute atomic E-state index is 13.4. The average Bonchev–Trinajstić information content (AvgIpc) is 2.63. The first-order valence-corrected chi connectivity index (χ1v) is 8.36. The van der Waals surface area contributed by atoms with Gasteiger partial charge in [0, 0.05) is 18.7 Å². The molecule has 0 radical (unpaired) electrons. The van der Waals surface area contributed by atoms with E-state index in [1.807, 2.05) is 18.2 Å². The highest BCUT2D eigenvalue weighted by Gasteiger charge is 2.15. The molecule has 24 heavy (non-hydrogen) atoms. The van der Waals surface area contributed by atoms with E-state index < -0.39 is 0 Å². The van der Waals surface area contributed by atoms with E-state index in [1.54, 1.807) is 25.1 Å². The lowest BCUT2D eigenvalue weighted by Gasteiger charge is -2.22. The molecule has 1 unspecified atom stereocenters. The van der Waals surface area contributed by atoms with Crippen molar-refractivity contribution in [1.29, 1.82) is 0 Å². The second kappa shape index (κ2) is 7.58. The molecule has 4 heteroatoms. The van der Waals surface area contributed by atoms with Crippen LogP contribution in [0.1, 0.15) is 28.8 Å². The highest BCUT2D eigenvalue weighted by molar-refractivity contribution is 5.95. The first kappa shape index (κ1) is 16.7. The molecule has 1 N–H and O–H groups in total. The van der Waals surface area contributed by atoms with E-state index in [2.05, 4.69) is 5.32 Å². The smallest absolute Gasteiger partial charge is 0.251 e. The van der Waals surface area contributed by atoms with E-state index in [9.17, 15) is 9.18 Å². The van der Waals surface area contributed by atoms with Gasteiger partial charge in [-0.25, -0.2) is 4.39 Å². The van der Waals surface area contributed by atoms with Crippen molar-refractivity contribution in [3.05, 3.63) is 59.4 Å². The minimum atomic E-state index is -0.220.